The van der Waals surface area contributed by atoms with Crippen LogP contribution in [0.5, 0.6) is 5.88 Å². The highest BCUT2D eigenvalue weighted by atomic mass is 79.9. The lowest BCUT2D eigenvalue weighted by molar-refractivity contribution is -0.154. The molecular weight excluding hydrogens is 407 g/mol. The Morgan fingerprint density at radius 2 is 1.76 bits per heavy atom. The van der Waals surface area contributed by atoms with Gasteiger partial charge in [0, 0.05) is 16.7 Å². The van der Waals surface area contributed by atoms with Crippen LogP contribution >= 0.6 is 15.9 Å². The Balaban J connectivity index is 1.90. The van der Waals surface area contributed by atoms with E-state index in [1.165, 1.54) is 6.07 Å². The molecule has 1 heterocycles. The number of halogens is 4. The van der Waals surface area contributed by atoms with Crippen LogP contribution in [0.4, 0.5) is 13.2 Å². The van der Waals surface area contributed by atoms with Crippen molar-refractivity contribution in [3.05, 3.63) is 58.2 Å². The normalized spacial score (nSPS) is 10.9. The van der Waals surface area contributed by atoms with Gasteiger partial charge in [0.05, 0.1) is 11.1 Å². The number of benzene rings is 1. The number of alkyl halides is 3. The minimum absolute atomic E-state index is 0.0341. The third-order valence-electron chi connectivity index (χ3n) is 2.79. The van der Waals surface area contributed by atoms with E-state index in [0.717, 1.165) is 12.3 Å². The summed E-state index contributed by atoms with van der Waals surface area (Å²) < 4.78 is 41.1. The van der Waals surface area contributed by atoms with Gasteiger partial charge in [-0.25, -0.2) is 4.98 Å². The number of hydrogen-bond acceptors (Lipinski definition) is 4. The van der Waals surface area contributed by atoms with Crippen molar-refractivity contribution < 1.29 is 27.5 Å². The van der Waals surface area contributed by atoms with Crippen molar-refractivity contribution in [1.82, 2.24) is 15.8 Å². The number of hydrogen-bond donors (Lipinski definition) is 2. The molecule has 0 saturated carbocycles. The first kappa shape index (κ1) is 18.7. The zero-order valence-electron chi connectivity index (χ0n) is 12.4. The van der Waals surface area contributed by atoms with E-state index in [-0.39, 0.29) is 11.4 Å². The first-order valence-corrected chi connectivity index (χ1v) is 7.56. The van der Waals surface area contributed by atoms with E-state index in [1.54, 1.807) is 24.3 Å². The Morgan fingerprint density at radius 1 is 1.08 bits per heavy atom. The summed E-state index contributed by atoms with van der Waals surface area (Å²) in [5.41, 5.74) is 4.75. The number of nitrogens with zero attached hydrogens (tertiary/aromatic N) is 1. The van der Waals surface area contributed by atoms with Crippen LogP contribution in [0.3, 0.4) is 0 Å². The van der Waals surface area contributed by atoms with Crippen molar-refractivity contribution in [2.24, 2.45) is 0 Å². The number of pyridine rings is 1. The average molecular weight is 418 g/mol. The molecule has 10 heteroatoms. The smallest absolute Gasteiger partial charge is 0.422 e. The Hall–Kier alpha value is -2.62. The second kappa shape index (κ2) is 7.97. The fourth-order valence-corrected chi connectivity index (χ4v) is 2.12. The Bertz CT molecular complexity index is 767. The summed E-state index contributed by atoms with van der Waals surface area (Å²) in [6.45, 7) is -1.48. The van der Waals surface area contributed by atoms with Gasteiger partial charge < -0.3 is 4.74 Å². The minimum Gasteiger partial charge on any atom is -0.468 e. The predicted octanol–water partition coefficient (Wildman–Crippen LogP) is 2.86. The van der Waals surface area contributed by atoms with Gasteiger partial charge in [-0.2, -0.15) is 13.2 Å². The lowest BCUT2D eigenvalue weighted by Gasteiger charge is -2.10. The molecule has 2 rings (SSSR count). The molecule has 0 atom stereocenters. The predicted molar refractivity (Wildman–Crippen MR) is 84.9 cm³/mol. The van der Waals surface area contributed by atoms with Crippen molar-refractivity contribution in [1.29, 1.82) is 0 Å². The van der Waals surface area contributed by atoms with E-state index in [1.807, 2.05) is 0 Å². The summed E-state index contributed by atoms with van der Waals surface area (Å²) in [6, 6.07) is 8.95. The maximum atomic E-state index is 12.0. The van der Waals surface area contributed by atoms with Gasteiger partial charge in [0.15, 0.2) is 6.61 Å². The van der Waals surface area contributed by atoms with Crippen LogP contribution in [0.2, 0.25) is 0 Å². The molecule has 1 aromatic heterocycles. The van der Waals surface area contributed by atoms with Crippen LogP contribution in [-0.4, -0.2) is 29.6 Å². The van der Waals surface area contributed by atoms with Gasteiger partial charge in [0.1, 0.15) is 0 Å². The van der Waals surface area contributed by atoms with Crippen LogP contribution in [0, 0.1) is 0 Å². The monoisotopic (exact) mass is 417 g/mol. The summed E-state index contributed by atoms with van der Waals surface area (Å²) in [4.78, 5) is 27.4. The highest BCUT2D eigenvalue weighted by Crippen LogP contribution is 2.17. The number of amides is 2. The van der Waals surface area contributed by atoms with E-state index in [4.69, 9.17) is 0 Å². The van der Waals surface area contributed by atoms with Crippen LogP contribution < -0.4 is 15.6 Å². The molecule has 2 amide bonds. The Kier molecular flexibility index (Phi) is 5.97. The van der Waals surface area contributed by atoms with Gasteiger partial charge in [-0.1, -0.05) is 12.1 Å². The van der Waals surface area contributed by atoms with E-state index in [9.17, 15) is 22.8 Å². The molecule has 1 aromatic carbocycles. The summed E-state index contributed by atoms with van der Waals surface area (Å²) in [7, 11) is 0. The second-order valence-electron chi connectivity index (χ2n) is 4.68. The van der Waals surface area contributed by atoms with Crippen LogP contribution in [0.15, 0.2) is 47.1 Å². The molecule has 0 spiro atoms. The number of carbonyl (C=O) groups is 2. The standard InChI is InChI=1S/C15H11BrF3N3O3/c16-11-4-2-1-3-10(11)14(24)22-21-13(23)9-5-6-12(20-7-9)25-8-15(17,18)19/h1-7H,8H2,(H,21,23)(H,22,24). The number of carbonyl (C=O) groups excluding carboxylic acids is 2. The van der Waals surface area contributed by atoms with Gasteiger partial charge in [0.25, 0.3) is 11.8 Å². The molecule has 0 saturated heterocycles. The molecule has 2 N–H and O–H groups in total. The topological polar surface area (TPSA) is 80.3 Å². The van der Waals surface area contributed by atoms with Gasteiger partial charge in [-0.3, -0.25) is 20.4 Å². The third kappa shape index (κ3) is 5.75. The molecule has 132 valence electrons. The highest BCUT2D eigenvalue weighted by Gasteiger charge is 2.28. The fraction of sp³-hybridized carbons (Fsp3) is 0.133. The summed E-state index contributed by atoms with van der Waals surface area (Å²) >= 11 is 3.21. The number of rotatable bonds is 4. The van der Waals surface area contributed by atoms with Gasteiger partial charge >= 0.3 is 6.18 Å². The first-order valence-electron chi connectivity index (χ1n) is 6.77. The lowest BCUT2D eigenvalue weighted by atomic mass is 10.2. The van der Waals surface area contributed by atoms with Gasteiger partial charge in [-0.15, -0.1) is 0 Å². The zero-order chi connectivity index (χ0) is 18.4. The van der Waals surface area contributed by atoms with E-state index in [2.05, 4.69) is 36.5 Å². The minimum atomic E-state index is -4.48. The van der Waals surface area contributed by atoms with Gasteiger partial charge in [-0.05, 0) is 34.1 Å². The van der Waals surface area contributed by atoms with Gasteiger partial charge in [0.2, 0.25) is 5.88 Å². The molecule has 0 bridgehead atoms. The van der Waals surface area contributed by atoms with Crippen molar-refractivity contribution in [2.75, 3.05) is 6.61 Å². The van der Waals surface area contributed by atoms with Crippen molar-refractivity contribution >= 4 is 27.7 Å². The maximum Gasteiger partial charge on any atom is 0.422 e. The average Bonchev–Trinajstić information content (AvgIpc) is 2.58. The molecule has 25 heavy (non-hydrogen) atoms. The molecule has 0 aliphatic rings. The Morgan fingerprint density at radius 3 is 2.36 bits per heavy atom. The lowest BCUT2D eigenvalue weighted by Crippen LogP contribution is -2.41. The summed E-state index contributed by atoms with van der Waals surface area (Å²) in [5, 5.41) is 0. The fourth-order valence-electron chi connectivity index (χ4n) is 1.65. The quantitative estimate of drug-likeness (QED) is 0.749. The molecule has 2 aromatic rings. The second-order valence-corrected chi connectivity index (χ2v) is 5.53. The molecule has 6 nitrogen and oxygen atoms in total. The number of hydrazine groups is 1. The zero-order valence-corrected chi connectivity index (χ0v) is 14.0. The van der Waals surface area contributed by atoms with Crippen molar-refractivity contribution in [3.63, 3.8) is 0 Å². The number of aromatic nitrogens is 1. The first-order chi connectivity index (χ1) is 11.8. The van der Waals surface area contributed by atoms with E-state index in [0.29, 0.717) is 10.0 Å². The van der Waals surface area contributed by atoms with E-state index >= 15 is 0 Å². The largest absolute Gasteiger partial charge is 0.468 e. The molecular formula is C15H11BrF3N3O3. The van der Waals surface area contributed by atoms with Crippen LogP contribution in [0.1, 0.15) is 20.7 Å². The summed E-state index contributed by atoms with van der Waals surface area (Å²) in [5.74, 6) is -1.50. The van der Waals surface area contributed by atoms with Crippen LogP contribution in [-0.2, 0) is 0 Å². The van der Waals surface area contributed by atoms with Crippen molar-refractivity contribution in [2.45, 2.75) is 6.18 Å². The SMILES string of the molecule is O=C(NNC(=O)c1ccccc1Br)c1ccc(OCC(F)(F)F)nc1. The molecule has 0 aliphatic carbocycles. The molecule has 0 aliphatic heterocycles. The van der Waals surface area contributed by atoms with Crippen LogP contribution in [0.25, 0.3) is 0 Å². The Labute approximate surface area is 148 Å². The molecule has 0 fully saturated rings. The summed E-state index contributed by atoms with van der Waals surface area (Å²) in [6.07, 6.45) is -3.45. The van der Waals surface area contributed by atoms with Crippen molar-refractivity contribution in [3.8, 4) is 5.88 Å². The number of ether oxygens (including phenoxy) is 1. The molecule has 0 radical (unpaired) electrons. The number of nitrogens with one attached hydrogen (secondary N) is 2. The van der Waals surface area contributed by atoms with E-state index < -0.39 is 24.6 Å². The molecule has 0 unspecified atom stereocenters. The highest BCUT2D eigenvalue weighted by molar-refractivity contribution is 9.10. The third-order valence-corrected chi connectivity index (χ3v) is 3.48. The maximum absolute atomic E-state index is 12.0.